The number of fused-ring (bicyclic) bond motifs is 1. The van der Waals surface area contributed by atoms with Crippen molar-refractivity contribution in [1.29, 1.82) is 5.41 Å². The Labute approximate surface area is 133 Å². The Morgan fingerprint density at radius 3 is 2.39 bits per heavy atom. The number of carboxylic acids is 1. The van der Waals surface area contributed by atoms with Gasteiger partial charge in [-0.1, -0.05) is 30.3 Å². The van der Waals surface area contributed by atoms with Crippen LogP contribution in [0.1, 0.15) is 18.1 Å². The molecule has 0 fully saturated rings. The average molecular weight is 312 g/mol. The molecule has 5 heteroatoms. The molecule has 1 heterocycles. The fourth-order valence-electron chi connectivity index (χ4n) is 2.32. The van der Waals surface area contributed by atoms with Crippen LogP contribution in [0.2, 0.25) is 0 Å². The first-order valence-electron chi connectivity index (χ1n) is 6.98. The highest BCUT2D eigenvalue weighted by atomic mass is 19.1. The third-order valence-electron chi connectivity index (χ3n) is 3.28. The van der Waals surface area contributed by atoms with Crippen molar-refractivity contribution in [3.05, 3.63) is 71.7 Å². The van der Waals surface area contributed by atoms with Crippen LogP contribution in [0.25, 0.3) is 10.9 Å². The summed E-state index contributed by atoms with van der Waals surface area (Å²) in [7, 11) is 1.90. The largest absolute Gasteiger partial charge is 0.481 e. The molecule has 2 N–H and O–H groups in total. The molecular weight excluding hydrogens is 295 g/mol. The molecule has 3 rings (SSSR count). The SMILES string of the molecule is CC(=O)O.Cn1cc(C(=N)c2ccccc2)c2cc(F)ccc21. The quantitative estimate of drug-likeness (QED) is 0.706. The molecule has 0 saturated heterocycles. The van der Waals surface area contributed by atoms with Crippen LogP contribution in [0.15, 0.2) is 54.7 Å². The summed E-state index contributed by atoms with van der Waals surface area (Å²) in [6.07, 6.45) is 1.87. The molecule has 0 aliphatic carbocycles. The van der Waals surface area contributed by atoms with Gasteiger partial charge in [0.2, 0.25) is 0 Å². The van der Waals surface area contributed by atoms with Crippen molar-refractivity contribution in [3.63, 3.8) is 0 Å². The number of rotatable bonds is 2. The van der Waals surface area contributed by atoms with Crippen molar-refractivity contribution in [2.45, 2.75) is 6.92 Å². The molecule has 2 aromatic carbocycles. The molecule has 0 aliphatic heterocycles. The van der Waals surface area contributed by atoms with Gasteiger partial charge >= 0.3 is 0 Å². The summed E-state index contributed by atoms with van der Waals surface area (Å²) < 4.78 is 15.3. The highest BCUT2D eigenvalue weighted by Gasteiger charge is 2.12. The van der Waals surface area contributed by atoms with Crippen LogP contribution in [0, 0.1) is 11.2 Å². The second kappa shape index (κ2) is 6.87. The van der Waals surface area contributed by atoms with Crippen molar-refractivity contribution in [1.82, 2.24) is 4.57 Å². The topological polar surface area (TPSA) is 66.1 Å². The molecule has 0 amide bonds. The van der Waals surface area contributed by atoms with Crippen LogP contribution in [0.4, 0.5) is 4.39 Å². The van der Waals surface area contributed by atoms with Crippen LogP contribution in [-0.2, 0) is 11.8 Å². The standard InChI is InChI=1S/C16H13FN2.C2H4O2/c1-19-10-14(13-9-12(17)7-8-15(13)19)16(18)11-5-3-2-4-6-11;1-2(3)4/h2-10,18H,1H3;1H3,(H,3,4). The van der Waals surface area contributed by atoms with E-state index in [1.54, 1.807) is 6.07 Å². The van der Waals surface area contributed by atoms with Crippen LogP contribution in [-0.4, -0.2) is 21.4 Å². The Morgan fingerprint density at radius 1 is 1.17 bits per heavy atom. The zero-order valence-electron chi connectivity index (χ0n) is 12.9. The Kier molecular flexibility index (Phi) is 4.91. The van der Waals surface area contributed by atoms with E-state index in [1.165, 1.54) is 12.1 Å². The van der Waals surface area contributed by atoms with Crippen molar-refractivity contribution in [2.75, 3.05) is 0 Å². The molecule has 0 spiro atoms. The van der Waals surface area contributed by atoms with Gasteiger partial charge in [-0.05, 0) is 18.2 Å². The van der Waals surface area contributed by atoms with Gasteiger partial charge in [0, 0.05) is 42.2 Å². The van der Waals surface area contributed by atoms with E-state index in [4.69, 9.17) is 15.3 Å². The fraction of sp³-hybridized carbons (Fsp3) is 0.111. The minimum atomic E-state index is -0.833. The lowest BCUT2D eigenvalue weighted by Crippen LogP contribution is -2.00. The number of carboxylic acid groups (broad SMARTS) is 1. The number of nitrogens with zero attached hydrogens (tertiary/aromatic N) is 1. The third-order valence-corrected chi connectivity index (χ3v) is 3.28. The second-order valence-electron chi connectivity index (χ2n) is 5.08. The summed E-state index contributed by atoms with van der Waals surface area (Å²) in [6.45, 7) is 1.08. The van der Waals surface area contributed by atoms with Crippen molar-refractivity contribution >= 4 is 22.6 Å². The van der Waals surface area contributed by atoms with E-state index in [2.05, 4.69) is 0 Å². The summed E-state index contributed by atoms with van der Waals surface area (Å²) in [5.74, 6) is -1.11. The molecule has 0 aliphatic rings. The number of carbonyl (C=O) groups is 1. The molecule has 3 aromatic rings. The van der Waals surface area contributed by atoms with Gasteiger partial charge in [-0.2, -0.15) is 0 Å². The van der Waals surface area contributed by atoms with Crippen molar-refractivity contribution in [3.8, 4) is 0 Å². The minimum absolute atomic E-state index is 0.277. The molecule has 1 aromatic heterocycles. The van der Waals surface area contributed by atoms with Gasteiger partial charge in [0.25, 0.3) is 5.97 Å². The lowest BCUT2D eigenvalue weighted by atomic mass is 10.0. The van der Waals surface area contributed by atoms with Crippen LogP contribution in [0.5, 0.6) is 0 Å². The molecule has 118 valence electrons. The first kappa shape index (κ1) is 16.4. The van der Waals surface area contributed by atoms with Crippen LogP contribution >= 0.6 is 0 Å². The predicted molar refractivity (Wildman–Crippen MR) is 88.6 cm³/mol. The number of hydrogen-bond donors (Lipinski definition) is 2. The van der Waals surface area contributed by atoms with Gasteiger partial charge in [0.15, 0.2) is 0 Å². The van der Waals surface area contributed by atoms with E-state index >= 15 is 0 Å². The van der Waals surface area contributed by atoms with E-state index in [0.29, 0.717) is 5.71 Å². The molecule has 4 nitrogen and oxygen atoms in total. The lowest BCUT2D eigenvalue weighted by molar-refractivity contribution is -0.134. The number of halogens is 1. The summed E-state index contributed by atoms with van der Waals surface area (Å²) in [5, 5.41) is 16.5. The first-order valence-corrected chi connectivity index (χ1v) is 6.98. The average Bonchev–Trinajstić information content (AvgIpc) is 2.83. The maximum atomic E-state index is 13.4. The van der Waals surface area contributed by atoms with Gasteiger partial charge in [-0.15, -0.1) is 0 Å². The van der Waals surface area contributed by atoms with Crippen LogP contribution in [0.3, 0.4) is 0 Å². The molecule has 0 atom stereocenters. The second-order valence-corrected chi connectivity index (χ2v) is 5.08. The van der Waals surface area contributed by atoms with E-state index in [9.17, 15) is 4.39 Å². The Hall–Kier alpha value is -2.95. The minimum Gasteiger partial charge on any atom is -0.481 e. The highest BCUT2D eigenvalue weighted by Crippen LogP contribution is 2.24. The summed E-state index contributed by atoms with van der Waals surface area (Å²) in [5.41, 5.74) is 2.93. The molecule has 23 heavy (non-hydrogen) atoms. The van der Waals surface area contributed by atoms with Crippen LogP contribution < -0.4 is 0 Å². The van der Waals surface area contributed by atoms with Gasteiger partial charge < -0.3 is 9.67 Å². The van der Waals surface area contributed by atoms with Gasteiger partial charge in [0.05, 0.1) is 5.71 Å². The molecule has 0 saturated carbocycles. The number of aliphatic carboxylic acids is 1. The van der Waals surface area contributed by atoms with E-state index in [0.717, 1.165) is 29.0 Å². The molecule has 0 radical (unpaired) electrons. The van der Waals surface area contributed by atoms with E-state index in [-0.39, 0.29) is 5.82 Å². The zero-order valence-corrected chi connectivity index (χ0v) is 12.9. The summed E-state index contributed by atoms with van der Waals surface area (Å²) >= 11 is 0. The smallest absolute Gasteiger partial charge is 0.300 e. The Balaban J connectivity index is 0.000000433. The van der Waals surface area contributed by atoms with Crippen molar-refractivity contribution in [2.24, 2.45) is 7.05 Å². The van der Waals surface area contributed by atoms with Crippen molar-refractivity contribution < 1.29 is 14.3 Å². The number of aromatic nitrogens is 1. The normalized spacial score (nSPS) is 10.0. The Bertz CT molecular complexity index is 850. The number of benzene rings is 2. The van der Waals surface area contributed by atoms with E-state index in [1.807, 2.05) is 48.1 Å². The predicted octanol–water partition coefficient (Wildman–Crippen LogP) is 3.82. The fourth-order valence-corrected chi connectivity index (χ4v) is 2.32. The lowest BCUT2D eigenvalue weighted by Gasteiger charge is -2.02. The maximum Gasteiger partial charge on any atom is 0.300 e. The summed E-state index contributed by atoms with van der Waals surface area (Å²) in [4.78, 5) is 9.00. The van der Waals surface area contributed by atoms with Gasteiger partial charge in [0.1, 0.15) is 5.82 Å². The molecule has 0 unspecified atom stereocenters. The number of hydrogen-bond acceptors (Lipinski definition) is 2. The Morgan fingerprint density at radius 2 is 1.78 bits per heavy atom. The third kappa shape index (κ3) is 3.83. The number of nitrogens with one attached hydrogen (secondary N) is 1. The monoisotopic (exact) mass is 312 g/mol. The first-order chi connectivity index (χ1) is 10.9. The van der Waals surface area contributed by atoms with Gasteiger partial charge in [-0.25, -0.2) is 4.39 Å². The maximum absolute atomic E-state index is 13.4. The molecular formula is C18H17FN2O2. The van der Waals surface area contributed by atoms with E-state index < -0.39 is 5.97 Å². The van der Waals surface area contributed by atoms with Gasteiger partial charge in [-0.3, -0.25) is 10.2 Å². The molecule has 0 bridgehead atoms. The highest BCUT2D eigenvalue weighted by molar-refractivity contribution is 6.17. The summed E-state index contributed by atoms with van der Waals surface area (Å²) in [6, 6.07) is 14.2. The zero-order chi connectivity index (χ0) is 17.0. The number of aryl methyl sites for hydroxylation is 1.